The van der Waals surface area contributed by atoms with Crippen LogP contribution in [0.3, 0.4) is 0 Å². The predicted octanol–water partition coefficient (Wildman–Crippen LogP) is 0.835. The maximum Gasteiger partial charge on any atom is 0.337 e. The summed E-state index contributed by atoms with van der Waals surface area (Å²) in [5.41, 5.74) is 5.76. The van der Waals surface area contributed by atoms with Gasteiger partial charge in [-0.05, 0) is 13.0 Å². The minimum atomic E-state index is -1.05. The zero-order valence-corrected chi connectivity index (χ0v) is 10.0. The van der Waals surface area contributed by atoms with Gasteiger partial charge < -0.3 is 20.5 Å². The van der Waals surface area contributed by atoms with Crippen molar-refractivity contribution in [2.24, 2.45) is 0 Å². The fourth-order valence-electron chi connectivity index (χ4n) is 1.31. The van der Waals surface area contributed by atoms with Crippen molar-refractivity contribution in [3.63, 3.8) is 0 Å². The smallest absolute Gasteiger partial charge is 0.337 e. The molecule has 0 amide bonds. The second-order valence-electron chi connectivity index (χ2n) is 3.55. The van der Waals surface area contributed by atoms with Crippen molar-refractivity contribution in [3.05, 3.63) is 17.8 Å². The molecule has 0 fully saturated rings. The Balaban J connectivity index is 2.77. The summed E-state index contributed by atoms with van der Waals surface area (Å²) in [6.07, 6.45) is 1.36. The Morgan fingerprint density at radius 2 is 2.35 bits per heavy atom. The summed E-state index contributed by atoms with van der Waals surface area (Å²) in [4.78, 5) is 16.8. The third kappa shape index (κ3) is 3.60. The number of carboxylic acid groups (broad SMARTS) is 1. The van der Waals surface area contributed by atoms with Gasteiger partial charge in [0.2, 0.25) is 0 Å². The lowest BCUT2D eigenvalue weighted by Crippen LogP contribution is -2.24. The number of nitrogens with zero attached hydrogens (tertiary/aromatic N) is 2. The highest BCUT2D eigenvalue weighted by atomic mass is 16.5. The lowest BCUT2D eigenvalue weighted by Gasteiger charge is -2.18. The van der Waals surface area contributed by atoms with Gasteiger partial charge in [-0.2, -0.15) is 0 Å². The second kappa shape index (κ2) is 6.05. The number of hydrogen-bond acceptors (Lipinski definition) is 5. The van der Waals surface area contributed by atoms with E-state index >= 15 is 0 Å². The fraction of sp³-hybridized carbons (Fsp3) is 0.455. The first-order chi connectivity index (χ1) is 8.06. The third-order valence-electron chi connectivity index (χ3n) is 2.32. The molecule has 0 bridgehead atoms. The summed E-state index contributed by atoms with van der Waals surface area (Å²) in [7, 11) is 1.82. The van der Waals surface area contributed by atoms with E-state index in [1.807, 2.05) is 18.9 Å². The number of likely N-dealkylation sites (N-methyl/N-ethyl adjacent to an activating group) is 1. The summed E-state index contributed by atoms with van der Waals surface area (Å²) in [6, 6.07) is 1.46. The molecule has 0 saturated carbocycles. The van der Waals surface area contributed by atoms with Crippen molar-refractivity contribution in [2.75, 3.05) is 37.4 Å². The maximum absolute atomic E-state index is 10.9. The molecule has 0 radical (unpaired) electrons. The molecule has 17 heavy (non-hydrogen) atoms. The zero-order chi connectivity index (χ0) is 12.8. The van der Waals surface area contributed by atoms with Crippen LogP contribution in [-0.2, 0) is 4.74 Å². The van der Waals surface area contributed by atoms with Crippen molar-refractivity contribution in [3.8, 4) is 0 Å². The van der Waals surface area contributed by atoms with Crippen LogP contribution in [0.15, 0.2) is 12.3 Å². The van der Waals surface area contributed by atoms with Crippen molar-refractivity contribution < 1.29 is 14.6 Å². The average molecular weight is 239 g/mol. The molecule has 0 atom stereocenters. The minimum absolute atomic E-state index is 0.0678. The maximum atomic E-state index is 10.9. The highest BCUT2D eigenvalue weighted by Gasteiger charge is 2.11. The van der Waals surface area contributed by atoms with E-state index in [4.69, 9.17) is 15.6 Å². The van der Waals surface area contributed by atoms with E-state index in [1.165, 1.54) is 12.3 Å². The Morgan fingerprint density at radius 1 is 1.65 bits per heavy atom. The normalized spacial score (nSPS) is 10.2. The zero-order valence-electron chi connectivity index (χ0n) is 10.0. The Bertz CT molecular complexity index is 396. The summed E-state index contributed by atoms with van der Waals surface area (Å²) >= 11 is 0. The molecule has 6 nitrogen and oxygen atoms in total. The average Bonchev–Trinajstić information content (AvgIpc) is 2.29. The Labute approximate surface area is 100 Å². The van der Waals surface area contributed by atoms with Crippen LogP contribution in [0.4, 0.5) is 11.5 Å². The fourth-order valence-corrected chi connectivity index (χ4v) is 1.31. The molecular formula is C11H17N3O3. The summed E-state index contributed by atoms with van der Waals surface area (Å²) in [6.45, 7) is 3.79. The minimum Gasteiger partial charge on any atom is -0.478 e. The number of nitrogens with two attached hydrogens (primary N) is 1. The third-order valence-corrected chi connectivity index (χ3v) is 2.32. The first kappa shape index (κ1) is 13.2. The van der Waals surface area contributed by atoms with E-state index in [2.05, 4.69) is 4.98 Å². The lowest BCUT2D eigenvalue weighted by molar-refractivity contribution is 0.0698. The topological polar surface area (TPSA) is 88.7 Å². The van der Waals surface area contributed by atoms with Crippen LogP contribution >= 0.6 is 0 Å². The Kier molecular flexibility index (Phi) is 4.71. The van der Waals surface area contributed by atoms with Gasteiger partial charge in [0.05, 0.1) is 24.1 Å². The second-order valence-corrected chi connectivity index (χ2v) is 3.55. The van der Waals surface area contributed by atoms with E-state index in [1.54, 1.807) is 0 Å². The van der Waals surface area contributed by atoms with Gasteiger partial charge in [-0.25, -0.2) is 9.78 Å². The molecule has 3 N–H and O–H groups in total. The lowest BCUT2D eigenvalue weighted by atomic mass is 10.2. The van der Waals surface area contributed by atoms with Gasteiger partial charge in [0.15, 0.2) is 0 Å². The van der Waals surface area contributed by atoms with Gasteiger partial charge in [-0.15, -0.1) is 0 Å². The van der Waals surface area contributed by atoms with Crippen molar-refractivity contribution in [2.45, 2.75) is 6.92 Å². The molecule has 6 heteroatoms. The number of ether oxygens (including phenoxy) is 1. The van der Waals surface area contributed by atoms with E-state index in [9.17, 15) is 4.79 Å². The largest absolute Gasteiger partial charge is 0.478 e. The van der Waals surface area contributed by atoms with Gasteiger partial charge >= 0.3 is 5.97 Å². The molecule has 0 saturated heterocycles. The number of anilines is 2. The molecule has 0 aliphatic carbocycles. The number of aromatic carboxylic acids is 1. The number of carbonyl (C=O) groups is 1. The number of aromatic nitrogens is 1. The number of rotatable bonds is 6. The quantitative estimate of drug-likeness (QED) is 0.715. The first-order valence-corrected chi connectivity index (χ1v) is 5.34. The molecule has 1 rings (SSSR count). The molecule has 1 heterocycles. The van der Waals surface area contributed by atoms with Crippen LogP contribution in [-0.4, -0.2) is 42.9 Å². The van der Waals surface area contributed by atoms with Crippen molar-refractivity contribution in [1.82, 2.24) is 4.98 Å². The first-order valence-electron chi connectivity index (χ1n) is 5.34. The SMILES string of the molecule is CCOCCN(C)c1cc(C(=O)O)c(N)cn1. The molecule has 0 spiro atoms. The number of hydrogen-bond donors (Lipinski definition) is 2. The van der Waals surface area contributed by atoms with E-state index in [0.717, 1.165) is 0 Å². The van der Waals surface area contributed by atoms with E-state index < -0.39 is 5.97 Å². The summed E-state index contributed by atoms with van der Waals surface area (Å²) < 4.78 is 5.22. The number of carboxylic acids is 1. The molecular weight excluding hydrogens is 222 g/mol. The van der Waals surface area contributed by atoms with Crippen LogP contribution in [0.25, 0.3) is 0 Å². The van der Waals surface area contributed by atoms with E-state index in [-0.39, 0.29) is 11.3 Å². The molecule has 0 aliphatic rings. The molecule has 0 aliphatic heterocycles. The standard InChI is InChI=1S/C11H17N3O3/c1-3-17-5-4-14(2)10-6-8(11(15)16)9(12)7-13-10/h6-7H,3-5,12H2,1-2H3,(H,15,16). The van der Waals surface area contributed by atoms with Gasteiger partial charge in [0.1, 0.15) is 5.82 Å². The van der Waals surface area contributed by atoms with E-state index in [0.29, 0.717) is 25.6 Å². The van der Waals surface area contributed by atoms with Crippen molar-refractivity contribution in [1.29, 1.82) is 0 Å². The summed E-state index contributed by atoms with van der Waals surface area (Å²) in [5.74, 6) is -0.485. The molecule has 94 valence electrons. The number of nitrogen functional groups attached to an aromatic ring is 1. The van der Waals surface area contributed by atoms with Gasteiger partial charge in [-0.1, -0.05) is 0 Å². The molecule has 1 aromatic rings. The summed E-state index contributed by atoms with van der Waals surface area (Å²) in [5, 5.41) is 8.94. The van der Waals surface area contributed by atoms with Crippen LogP contribution in [0.5, 0.6) is 0 Å². The molecule has 1 aromatic heterocycles. The Morgan fingerprint density at radius 3 is 2.94 bits per heavy atom. The molecule has 0 unspecified atom stereocenters. The van der Waals surface area contributed by atoms with Crippen LogP contribution in [0.2, 0.25) is 0 Å². The van der Waals surface area contributed by atoms with Crippen molar-refractivity contribution >= 4 is 17.5 Å². The highest BCUT2D eigenvalue weighted by molar-refractivity contribution is 5.94. The van der Waals surface area contributed by atoms with Gasteiger partial charge in [0, 0.05) is 20.2 Å². The Hall–Kier alpha value is -1.82. The van der Waals surface area contributed by atoms with Crippen LogP contribution in [0.1, 0.15) is 17.3 Å². The van der Waals surface area contributed by atoms with Gasteiger partial charge in [-0.3, -0.25) is 0 Å². The van der Waals surface area contributed by atoms with Crippen LogP contribution < -0.4 is 10.6 Å². The highest BCUT2D eigenvalue weighted by Crippen LogP contribution is 2.17. The number of pyridine rings is 1. The van der Waals surface area contributed by atoms with Crippen LogP contribution in [0, 0.1) is 0 Å². The predicted molar refractivity (Wildman–Crippen MR) is 65.4 cm³/mol. The monoisotopic (exact) mass is 239 g/mol. The van der Waals surface area contributed by atoms with Gasteiger partial charge in [0.25, 0.3) is 0 Å². The molecule has 0 aromatic carbocycles.